The van der Waals surface area contributed by atoms with Crippen molar-refractivity contribution in [3.8, 4) is 11.4 Å². The number of hydrogen-bond acceptors (Lipinski definition) is 5. The van der Waals surface area contributed by atoms with Gasteiger partial charge in [-0.2, -0.15) is 0 Å². The number of H-pyrrole nitrogens is 2. The van der Waals surface area contributed by atoms with E-state index in [1.807, 2.05) is 71.3 Å². The van der Waals surface area contributed by atoms with E-state index in [4.69, 9.17) is 4.98 Å². The number of carbonyl (C=O) groups excluding carboxylic acids is 2. The fourth-order valence-corrected chi connectivity index (χ4v) is 6.03. The average molecular weight is 537 g/mol. The highest BCUT2D eigenvalue weighted by atomic mass is 16.2. The average Bonchev–Trinajstić information content (AvgIpc) is 3.79. The van der Waals surface area contributed by atoms with E-state index >= 15 is 0 Å². The predicted octanol–water partition coefficient (Wildman–Crippen LogP) is 4.54. The molecule has 0 spiro atoms. The van der Waals surface area contributed by atoms with Gasteiger partial charge in [0.25, 0.3) is 5.91 Å². The first-order chi connectivity index (χ1) is 19.5. The van der Waals surface area contributed by atoms with E-state index in [0.29, 0.717) is 18.7 Å². The summed E-state index contributed by atoms with van der Waals surface area (Å²) in [6.45, 7) is 1.40. The second-order valence-corrected chi connectivity index (χ2v) is 10.8. The van der Waals surface area contributed by atoms with Crippen LogP contribution >= 0.6 is 0 Å². The van der Waals surface area contributed by atoms with Gasteiger partial charge in [0.1, 0.15) is 17.7 Å². The summed E-state index contributed by atoms with van der Waals surface area (Å²) in [5, 5.41) is 0. The lowest BCUT2D eigenvalue weighted by Gasteiger charge is -2.31. The molecule has 9 nitrogen and oxygen atoms in total. The molecule has 205 valence electrons. The number of benzene rings is 2. The predicted molar refractivity (Wildman–Crippen MR) is 151 cm³/mol. The molecule has 0 saturated carbocycles. The van der Waals surface area contributed by atoms with E-state index in [0.717, 1.165) is 54.3 Å². The van der Waals surface area contributed by atoms with Crippen LogP contribution in [0.25, 0.3) is 11.4 Å². The van der Waals surface area contributed by atoms with Crippen LogP contribution in [0.5, 0.6) is 0 Å². The number of rotatable bonds is 7. The molecule has 0 unspecified atom stereocenters. The van der Waals surface area contributed by atoms with E-state index in [9.17, 15) is 9.59 Å². The number of carbonyl (C=O) groups is 2. The summed E-state index contributed by atoms with van der Waals surface area (Å²) in [5.41, 5.74) is 3.18. The van der Waals surface area contributed by atoms with Crippen molar-refractivity contribution in [2.75, 3.05) is 27.2 Å². The van der Waals surface area contributed by atoms with Crippen molar-refractivity contribution in [3.63, 3.8) is 0 Å². The largest absolute Gasteiger partial charge is 0.339 e. The molecular weight excluding hydrogens is 502 g/mol. The first-order valence-corrected chi connectivity index (χ1v) is 13.9. The zero-order chi connectivity index (χ0) is 27.6. The second kappa shape index (κ2) is 11.1. The molecule has 2 aromatic carbocycles. The molecule has 4 heterocycles. The molecule has 9 heteroatoms. The van der Waals surface area contributed by atoms with E-state index in [1.54, 1.807) is 24.5 Å². The van der Waals surface area contributed by atoms with Gasteiger partial charge in [-0.15, -0.1) is 0 Å². The number of nitrogens with one attached hydrogen (secondary N) is 2. The third-order valence-corrected chi connectivity index (χ3v) is 7.97. The molecule has 0 aliphatic carbocycles. The first kappa shape index (κ1) is 26.0. The topological polar surface area (TPSA) is 101 Å². The van der Waals surface area contributed by atoms with Gasteiger partial charge in [-0.25, -0.2) is 9.97 Å². The van der Waals surface area contributed by atoms with Crippen molar-refractivity contribution in [2.45, 2.75) is 43.8 Å². The number of aromatic amines is 2. The van der Waals surface area contributed by atoms with Crippen LogP contribution in [0.2, 0.25) is 0 Å². The zero-order valence-corrected chi connectivity index (χ0v) is 22.9. The van der Waals surface area contributed by atoms with Crippen molar-refractivity contribution < 1.29 is 9.59 Å². The molecule has 4 aromatic rings. The molecule has 2 saturated heterocycles. The van der Waals surface area contributed by atoms with Crippen molar-refractivity contribution in [1.82, 2.24) is 34.6 Å². The maximum Gasteiger partial charge on any atom is 0.255 e. The first-order valence-electron chi connectivity index (χ1n) is 13.9. The summed E-state index contributed by atoms with van der Waals surface area (Å²) in [5.74, 6) is 1.60. The Balaban J connectivity index is 1.19. The van der Waals surface area contributed by atoms with Crippen LogP contribution in [-0.2, 0) is 4.79 Å². The Hall–Kier alpha value is -4.24. The third-order valence-electron chi connectivity index (χ3n) is 7.97. The lowest BCUT2D eigenvalue weighted by atomic mass is 10.0. The van der Waals surface area contributed by atoms with Crippen LogP contribution in [0.15, 0.2) is 67.0 Å². The van der Waals surface area contributed by atoms with E-state index < -0.39 is 0 Å². The van der Waals surface area contributed by atoms with Gasteiger partial charge in [0.05, 0.1) is 35.9 Å². The summed E-state index contributed by atoms with van der Waals surface area (Å²) in [6.07, 6.45) is 7.16. The Morgan fingerprint density at radius 1 is 0.875 bits per heavy atom. The van der Waals surface area contributed by atoms with Crippen LogP contribution in [-0.4, -0.2) is 73.6 Å². The van der Waals surface area contributed by atoms with Gasteiger partial charge in [0, 0.05) is 18.7 Å². The zero-order valence-electron chi connectivity index (χ0n) is 22.9. The van der Waals surface area contributed by atoms with Gasteiger partial charge in [-0.05, 0) is 57.5 Å². The van der Waals surface area contributed by atoms with E-state index in [1.165, 1.54) is 0 Å². The summed E-state index contributed by atoms with van der Waals surface area (Å²) in [4.78, 5) is 48.9. The second-order valence-electron chi connectivity index (χ2n) is 10.8. The minimum Gasteiger partial charge on any atom is -0.339 e. The fourth-order valence-electron chi connectivity index (χ4n) is 6.03. The Morgan fingerprint density at radius 2 is 1.48 bits per heavy atom. The van der Waals surface area contributed by atoms with Gasteiger partial charge in [0.15, 0.2) is 0 Å². The Kier molecular flexibility index (Phi) is 7.21. The minimum absolute atomic E-state index is 0.0256. The van der Waals surface area contributed by atoms with Gasteiger partial charge in [-0.1, -0.05) is 48.5 Å². The van der Waals surface area contributed by atoms with Gasteiger partial charge in [0.2, 0.25) is 5.91 Å². The number of amides is 2. The highest BCUT2D eigenvalue weighted by molar-refractivity contribution is 5.94. The van der Waals surface area contributed by atoms with Crippen LogP contribution in [0, 0.1) is 6.07 Å². The summed E-state index contributed by atoms with van der Waals surface area (Å²) in [6, 6.07) is 19.7. The van der Waals surface area contributed by atoms with Crippen molar-refractivity contribution in [1.29, 1.82) is 0 Å². The molecule has 2 fully saturated rings. The highest BCUT2D eigenvalue weighted by Gasteiger charge is 2.37. The molecule has 0 bridgehead atoms. The quantitative estimate of drug-likeness (QED) is 0.361. The molecule has 2 aliphatic rings. The molecular formula is C31H34N7O2. The summed E-state index contributed by atoms with van der Waals surface area (Å²) in [7, 11) is 3.89. The lowest BCUT2D eigenvalue weighted by molar-refractivity contribution is -0.137. The molecule has 2 aromatic heterocycles. The molecule has 40 heavy (non-hydrogen) atoms. The number of likely N-dealkylation sites (tertiary alicyclic amines) is 2. The monoisotopic (exact) mass is 536 g/mol. The van der Waals surface area contributed by atoms with Crippen LogP contribution in [0.3, 0.4) is 0 Å². The normalized spacial score (nSPS) is 19.9. The lowest BCUT2D eigenvalue weighted by Crippen LogP contribution is -2.40. The molecule has 2 N–H and O–H groups in total. The standard InChI is InChI=1S/C31H34N7O2/c1-36(2)27(21-11-5-3-6-12-21)31(40)38-18-10-16-26(38)29-33-20-24(35-29)23-19-32-28(34-23)25-15-9-17-37(25)30(39)22-13-7-4-8-14-22/h3-8,11-13,19-20,25-27H,9-10,15-18H2,1-2H3,(H,32,34)(H,33,35)/t25-,26-,27+/m0/s1. The summed E-state index contributed by atoms with van der Waals surface area (Å²) < 4.78 is 0. The van der Waals surface area contributed by atoms with Crippen LogP contribution < -0.4 is 0 Å². The number of imidazole rings is 2. The Labute approximate surface area is 234 Å². The SMILES string of the molecule is CN(C)[C@@H](C(=O)N1CCC[C@H]1c1ncc(-c2cnc([C@@H]3CCCN3C(=O)c3[c]cccc3)[nH]2)[nH]1)c1ccccc1. The number of likely N-dealkylation sites (N-methyl/N-ethyl adjacent to an activating group) is 1. The fraction of sp³-hybridized carbons (Fsp3) is 0.355. The maximum absolute atomic E-state index is 13.8. The smallest absolute Gasteiger partial charge is 0.255 e. The summed E-state index contributed by atoms with van der Waals surface area (Å²) >= 11 is 0. The van der Waals surface area contributed by atoms with E-state index in [2.05, 4.69) is 21.0 Å². The van der Waals surface area contributed by atoms with Gasteiger partial charge in [-0.3, -0.25) is 14.5 Å². The Bertz CT molecular complexity index is 1460. The van der Waals surface area contributed by atoms with E-state index in [-0.39, 0.29) is 29.9 Å². The third kappa shape index (κ3) is 4.93. The Morgan fingerprint density at radius 3 is 2.08 bits per heavy atom. The van der Waals surface area contributed by atoms with Crippen LogP contribution in [0.4, 0.5) is 0 Å². The van der Waals surface area contributed by atoms with Crippen LogP contribution in [0.1, 0.15) is 71.4 Å². The molecule has 2 amide bonds. The number of nitrogens with zero attached hydrogens (tertiary/aromatic N) is 5. The van der Waals surface area contributed by atoms with Crippen molar-refractivity contribution in [2.24, 2.45) is 0 Å². The number of hydrogen-bond donors (Lipinski definition) is 2. The van der Waals surface area contributed by atoms with Crippen molar-refractivity contribution >= 4 is 11.8 Å². The number of aromatic nitrogens is 4. The molecule has 2 aliphatic heterocycles. The van der Waals surface area contributed by atoms with Gasteiger partial charge >= 0.3 is 0 Å². The molecule has 6 rings (SSSR count). The maximum atomic E-state index is 13.8. The molecule has 3 atom stereocenters. The minimum atomic E-state index is -0.350. The van der Waals surface area contributed by atoms with Gasteiger partial charge < -0.3 is 19.8 Å². The van der Waals surface area contributed by atoms with Crippen molar-refractivity contribution in [3.05, 3.63) is 95.8 Å². The highest BCUT2D eigenvalue weighted by Crippen LogP contribution is 2.36. The molecule has 1 radical (unpaired) electrons.